The van der Waals surface area contributed by atoms with Crippen molar-refractivity contribution < 1.29 is 18.3 Å². The van der Waals surface area contributed by atoms with Crippen LogP contribution in [0, 0.1) is 5.82 Å². The van der Waals surface area contributed by atoms with Crippen molar-refractivity contribution in [1.82, 2.24) is 0 Å². The quantitative estimate of drug-likeness (QED) is 0.609. The average molecular weight is 317 g/mol. The van der Waals surface area contributed by atoms with Gasteiger partial charge in [-0.25, -0.2) is 4.39 Å². The maximum absolute atomic E-state index is 13.2. The molecule has 0 saturated carbocycles. The molecule has 0 bridgehead atoms. The summed E-state index contributed by atoms with van der Waals surface area (Å²) in [5.41, 5.74) is 0.574. The van der Waals surface area contributed by atoms with Crippen molar-refractivity contribution in [3.8, 4) is 22.8 Å². The Kier molecular flexibility index (Phi) is 3.94. The van der Waals surface area contributed by atoms with Crippen molar-refractivity contribution in [2.24, 2.45) is 0 Å². The fraction of sp³-hybridized carbons (Fsp3) is 0. The average Bonchev–Trinajstić information content (AvgIpc) is 2.98. The molecule has 0 N–H and O–H groups in total. The molecule has 3 nitrogen and oxygen atoms in total. The van der Waals surface area contributed by atoms with Gasteiger partial charge >= 0.3 is 0 Å². The van der Waals surface area contributed by atoms with E-state index in [1.165, 1.54) is 12.1 Å². The maximum atomic E-state index is 13.2. The first-order valence-corrected chi connectivity index (χ1v) is 6.82. The highest BCUT2D eigenvalue weighted by Crippen LogP contribution is 2.36. The molecule has 0 atom stereocenters. The first kappa shape index (κ1) is 14.4. The molecule has 0 saturated heterocycles. The third kappa shape index (κ3) is 3.02. The van der Waals surface area contributed by atoms with Crippen LogP contribution in [0.5, 0.6) is 11.5 Å². The first-order valence-electron chi connectivity index (χ1n) is 6.44. The number of halogens is 2. The Morgan fingerprint density at radius 2 is 1.95 bits per heavy atom. The van der Waals surface area contributed by atoms with Gasteiger partial charge in [-0.1, -0.05) is 17.7 Å². The predicted octanol–water partition coefficient (Wildman–Crippen LogP) is 5.34. The van der Waals surface area contributed by atoms with Crippen molar-refractivity contribution in [3.63, 3.8) is 0 Å². The van der Waals surface area contributed by atoms with E-state index in [1.54, 1.807) is 42.5 Å². The predicted molar refractivity (Wildman–Crippen MR) is 81.0 cm³/mol. The van der Waals surface area contributed by atoms with Gasteiger partial charge in [0.1, 0.15) is 23.1 Å². The smallest absolute Gasteiger partial charge is 0.185 e. The van der Waals surface area contributed by atoms with Crippen molar-refractivity contribution in [2.75, 3.05) is 0 Å². The molecular weight excluding hydrogens is 307 g/mol. The minimum atomic E-state index is -0.394. The molecule has 0 aliphatic heterocycles. The van der Waals surface area contributed by atoms with Gasteiger partial charge in [0, 0.05) is 11.1 Å². The summed E-state index contributed by atoms with van der Waals surface area (Å²) in [6.07, 6.45) is 0.612. The van der Waals surface area contributed by atoms with Gasteiger partial charge in [-0.15, -0.1) is 0 Å². The van der Waals surface area contributed by atoms with Crippen LogP contribution in [0.2, 0.25) is 5.02 Å². The Hall–Kier alpha value is -2.59. The van der Waals surface area contributed by atoms with Crippen LogP contribution in [0.1, 0.15) is 10.6 Å². The molecule has 110 valence electrons. The summed E-state index contributed by atoms with van der Waals surface area (Å²) >= 11 is 6.01. The van der Waals surface area contributed by atoms with Gasteiger partial charge < -0.3 is 9.15 Å². The molecule has 0 radical (unpaired) electrons. The highest BCUT2D eigenvalue weighted by atomic mass is 35.5. The van der Waals surface area contributed by atoms with Crippen LogP contribution in [-0.4, -0.2) is 6.29 Å². The van der Waals surface area contributed by atoms with Crippen molar-refractivity contribution in [2.45, 2.75) is 0 Å². The van der Waals surface area contributed by atoms with Crippen LogP contribution in [0.15, 0.2) is 59.0 Å². The zero-order valence-corrected chi connectivity index (χ0v) is 12.0. The standard InChI is InChI=1S/C17H10ClFO3/c18-11-4-6-16(21-13-3-1-2-12(19)9-13)15(8-11)17-7-5-14(10-20)22-17/h1-10H. The zero-order valence-electron chi connectivity index (χ0n) is 11.3. The molecule has 3 rings (SSSR count). The van der Waals surface area contributed by atoms with Crippen LogP contribution < -0.4 is 4.74 Å². The largest absolute Gasteiger partial charge is 0.456 e. The lowest BCUT2D eigenvalue weighted by Crippen LogP contribution is -1.88. The number of carbonyl (C=O) groups is 1. The lowest BCUT2D eigenvalue weighted by molar-refractivity contribution is 0.110. The van der Waals surface area contributed by atoms with E-state index in [2.05, 4.69) is 0 Å². The van der Waals surface area contributed by atoms with Gasteiger partial charge in [-0.05, 0) is 42.5 Å². The Balaban J connectivity index is 2.02. The van der Waals surface area contributed by atoms with Crippen LogP contribution in [0.25, 0.3) is 11.3 Å². The summed E-state index contributed by atoms with van der Waals surface area (Å²) in [6.45, 7) is 0. The van der Waals surface area contributed by atoms with Gasteiger partial charge in [0.15, 0.2) is 12.0 Å². The van der Waals surface area contributed by atoms with Gasteiger partial charge in [0.25, 0.3) is 0 Å². The second-order valence-corrected chi connectivity index (χ2v) is 4.96. The van der Waals surface area contributed by atoms with Crippen molar-refractivity contribution in [3.05, 3.63) is 71.2 Å². The molecule has 0 spiro atoms. The Labute approximate surface area is 130 Å². The van der Waals surface area contributed by atoms with Crippen LogP contribution in [0.4, 0.5) is 4.39 Å². The summed E-state index contributed by atoms with van der Waals surface area (Å²) in [5, 5.41) is 0.491. The van der Waals surface area contributed by atoms with E-state index in [1.807, 2.05) is 0 Å². The summed E-state index contributed by atoms with van der Waals surface area (Å²) in [6, 6.07) is 14.0. The normalized spacial score (nSPS) is 10.5. The van der Waals surface area contributed by atoms with E-state index in [4.69, 9.17) is 20.8 Å². The molecule has 0 aliphatic rings. The van der Waals surface area contributed by atoms with Gasteiger partial charge in [-0.3, -0.25) is 4.79 Å². The van der Waals surface area contributed by atoms with Gasteiger partial charge in [0.2, 0.25) is 0 Å². The van der Waals surface area contributed by atoms with E-state index in [9.17, 15) is 9.18 Å². The monoisotopic (exact) mass is 316 g/mol. The summed E-state index contributed by atoms with van der Waals surface area (Å²) in [5.74, 6) is 1.05. The summed E-state index contributed by atoms with van der Waals surface area (Å²) in [7, 11) is 0. The Bertz CT molecular complexity index is 826. The molecule has 1 aromatic heterocycles. The molecule has 1 heterocycles. The first-order chi connectivity index (χ1) is 10.7. The molecule has 0 amide bonds. The molecule has 22 heavy (non-hydrogen) atoms. The van der Waals surface area contributed by atoms with E-state index in [0.29, 0.717) is 34.1 Å². The second-order valence-electron chi connectivity index (χ2n) is 4.52. The minimum Gasteiger partial charge on any atom is -0.456 e. The number of furan rings is 1. The van der Waals surface area contributed by atoms with E-state index in [0.717, 1.165) is 0 Å². The lowest BCUT2D eigenvalue weighted by Gasteiger charge is -2.10. The number of aldehydes is 1. The zero-order chi connectivity index (χ0) is 15.5. The highest BCUT2D eigenvalue weighted by Gasteiger charge is 2.13. The van der Waals surface area contributed by atoms with Crippen molar-refractivity contribution >= 4 is 17.9 Å². The van der Waals surface area contributed by atoms with Crippen LogP contribution >= 0.6 is 11.6 Å². The molecule has 2 aromatic carbocycles. The Morgan fingerprint density at radius 1 is 1.09 bits per heavy atom. The van der Waals surface area contributed by atoms with Crippen LogP contribution in [-0.2, 0) is 0 Å². The summed E-state index contributed by atoms with van der Waals surface area (Å²) < 4.78 is 24.3. The van der Waals surface area contributed by atoms with Crippen LogP contribution in [0.3, 0.4) is 0 Å². The van der Waals surface area contributed by atoms with Gasteiger partial charge in [0.05, 0.1) is 5.56 Å². The number of rotatable bonds is 4. The van der Waals surface area contributed by atoms with E-state index < -0.39 is 5.82 Å². The number of ether oxygens (including phenoxy) is 1. The summed E-state index contributed by atoms with van der Waals surface area (Å²) in [4.78, 5) is 10.7. The Morgan fingerprint density at radius 3 is 2.68 bits per heavy atom. The lowest BCUT2D eigenvalue weighted by atomic mass is 10.1. The maximum Gasteiger partial charge on any atom is 0.185 e. The fourth-order valence-corrected chi connectivity index (χ4v) is 2.17. The molecule has 0 aliphatic carbocycles. The number of hydrogen-bond acceptors (Lipinski definition) is 3. The van der Waals surface area contributed by atoms with Gasteiger partial charge in [-0.2, -0.15) is 0 Å². The highest BCUT2D eigenvalue weighted by molar-refractivity contribution is 6.30. The third-order valence-electron chi connectivity index (χ3n) is 2.97. The van der Waals surface area contributed by atoms with E-state index in [-0.39, 0.29) is 5.76 Å². The minimum absolute atomic E-state index is 0.201. The number of hydrogen-bond donors (Lipinski definition) is 0. The molecular formula is C17H10ClFO3. The van der Waals surface area contributed by atoms with E-state index >= 15 is 0 Å². The topological polar surface area (TPSA) is 39.4 Å². The molecule has 3 aromatic rings. The molecule has 0 unspecified atom stereocenters. The molecule has 0 fully saturated rings. The number of benzene rings is 2. The molecule has 5 heteroatoms. The van der Waals surface area contributed by atoms with Crippen molar-refractivity contribution in [1.29, 1.82) is 0 Å². The third-order valence-corrected chi connectivity index (χ3v) is 3.21. The second kappa shape index (κ2) is 6.03. The SMILES string of the molecule is O=Cc1ccc(-c2cc(Cl)ccc2Oc2cccc(F)c2)o1. The number of carbonyl (C=O) groups excluding carboxylic acids is 1. The fourth-order valence-electron chi connectivity index (χ4n) is 2.00.